The van der Waals surface area contributed by atoms with Gasteiger partial charge in [-0.3, -0.25) is 0 Å². The molecule has 0 aromatic heterocycles. The Morgan fingerprint density at radius 3 is 2.60 bits per heavy atom. The molecule has 0 radical (unpaired) electrons. The monoisotopic (exact) mass is 340 g/mol. The molecule has 2 aromatic rings. The maximum atomic E-state index is 13.9. The van der Waals surface area contributed by atoms with Gasteiger partial charge in [-0.1, -0.05) is 12.1 Å². The number of hydrogen-bond donors (Lipinski definition) is 1. The minimum atomic E-state index is -0.822. The second-order valence-corrected chi connectivity index (χ2v) is 5.09. The smallest absolute Gasteiger partial charge is 0.168 e. The van der Waals surface area contributed by atoms with E-state index < -0.39 is 11.9 Å². The lowest BCUT2D eigenvalue weighted by Gasteiger charge is -2.15. The summed E-state index contributed by atoms with van der Waals surface area (Å²) in [6.45, 7) is 1.56. The van der Waals surface area contributed by atoms with Gasteiger partial charge >= 0.3 is 0 Å². The Balaban J connectivity index is 2.40. The number of aliphatic hydroxyl groups excluding tert-OH is 1. The Bertz CT molecular complexity index is 614. The van der Waals surface area contributed by atoms with Crippen LogP contribution in [0.2, 0.25) is 0 Å². The average molecular weight is 341 g/mol. The fraction of sp³-hybridized carbons (Fsp3) is 0.200. The maximum Gasteiger partial charge on any atom is 0.168 e. The van der Waals surface area contributed by atoms with Crippen LogP contribution in [0.3, 0.4) is 0 Å². The van der Waals surface area contributed by atoms with Crippen molar-refractivity contribution in [2.24, 2.45) is 0 Å². The predicted molar refractivity (Wildman–Crippen MR) is 77.8 cm³/mol. The van der Waals surface area contributed by atoms with Crippen molar-refractivity contribution in [3.63, 3.8) is 0 Å². The molecular weight excluding hydrogens is 327 g/mol. The van der Waals surface area contributed by atoms with E-state index in [0.717, 1.165) is 0 Å². The molecular formula is C15H14BrFO3. The zero-order valence-electron chi connectivity index (χ0n) is 11.1. The Labute approximate surface area is 125 Å². The molecule has 2 aromatic carbocycles. The molecule has 20 heavy (non-hydrogen) atoms. The molecule has 0 fully saturated rings. The van der Waals surface area contributed by atoms with Crippen molar-refractivity contribution in [1.29, 1.82) is 0 Å². The molecule has 0 saturated carbocycles. The third-order valence-electron chi connectivity index (χ3n) is 2.80. The van der Waals surface area contributed by atoms with E-state index in [1.54, 1.807) is 38.3 Å². The highest BCUT2D eigenvalue weighted by Gasteiger charge is 2.16. The first-order valence-electron chi connectivity index (χ1n) is 6.00. The first kappa shape index (κ1) is 14.8. The molecule has 0 spiro atoms. The Morgan fingerprint density at radius 1 is 1.25 bits per heavy atom. The molecule has 0 aliphatic carbocycles. The average Bonchev–Trinajstić information content (AvgIpc) is 2.42. The lowest BCUT2D eigenvalue weighted by atomic mass is 10.1. The van der Waals surface area contributed by atoms with Crippen LogP contribution in [0.5, 0.6) is 17.2 Å². The van der Waals surface area contributed by atoms with Gasteiger partial charge in [0.05, 0.1) is 17.7 Å². The minimum absolute atomic E-state index is 0.0216. The number of para-hydroxylation sites is 1. The molecule has 0 unspecified atom stereocenters. The van der Waals surface area contributed by atoms with Gasteiger partial charge in [0.1, 0.15) is 11.5 Å². The predicted octanol–water partition coefficient (Wildman–Crippen LogP) is 4.44. The van der Waals surface area contributed by atoms with Crippen LogP contribution in [-0.2, 0) is 0 Å². The molecule has 2 rings (SSSR count). The molecule has 0 amide bonds. The fourth-order valence-corrected chi connectivity index (χ4v) is 2.20. The topological polar surface area (TPSA) is 38.7 Å². The van der Waals surface area contributed by atoms with Gasteiger partial charge in [-0.25, -0.2) is 4.39 Å². The molecule has 0 saturated heterocycles. The highest BCUT2D eigenvalue weighted by molar-refractivity contribution is 9.10. The molecule has 0 aliphatic heterocycles. The molecule has 0 heterocycles. The standard InChI is InChI=1S/C15H14BrFO3/c1-9(18)11-4-3-5-13(17)15(11)20-14-7-6-10(19-2)8-12(14)16/h3-9,18H,1-2H3/t9-/m1/s1. The van der Waals surface area contributed by atoms with Crippen molar-refractivity contribution in [3.05, 3.63) is 52.3 Å². The number of hydrogen-bond acceptors (Lipinski definition) is 3. The normalized spacial score (nSPS) is 12.1. The first-order valence-corrected chi connectivity index (χ1v) is 6.80. The van der Waals surface area contributed by atoms with E-state index in [0.29, 0.717) is 21.5 Å². The summed E-state index contributed by atoms with van der Waals surface area (Å²) in [5.41, 5.74) is 0.396. The summed E-state index contributed by atoms with van der Waals surface area (Å²) in [6, 6.07) is 9.55. The van der Waals surface area contributed by atoms with Crippen molar-refractivity contribution in [2.45, 2.75) is 13.0 Å². The van der Waals surface area contributed by atoms with Gasteiger partial charge in [0, 0.05) is 5.56 Å². The first-order chi connectivity index (χ1) is 9.52. The van der Waals surface area contributed by atoms with Crippen LogP contribution in [0, 0.1) is 5.82 Å². The fourth-order valence-electron chi connectivity index (χ4n) is 1.76. The van der Waals surface area contributed by atoms with Crippen LogP contribution >= 0.6 is 15.9 Å². The third-order valence-corrected chi connectivity index (χ3v) is 3.42. The van der Waals surface area contributed by atoms with Crippen molar-refractivity contribution in [3.8, 4) is 17.2 Å². The number of aliphatic hydroxyl groups is 1. The zero-order chi connectivity index (χ0) is 14.7. The van der Waals surface area contributed by atoms with Crippen LogP contribution < -0.4 is 9.47 Å². The summed E-state index contributed by atoms with van der Waals surface area (Å²) in [6.07, 6.45) is -0.822. The van der Waals surface area contributed by atoms with Crippen LogP contribution in [0.15, 0.2) is 40.9 Å². The van der Waals surface area contributed by atoms with E-state index in [1.165, 1.54) is 12.1 Å². The SMILES string of the molecule is COc1ccc(Oc2c(F)cccc2[C@@H](C)O)c(Br)c1. The van der Waals surface area contributed by atoms with Crippen molar-refractivity contribution < 1.29 is 19.0 Å². The third kappa shape index (κ3) is 3.11. The summed E-state index contributed by atoms with van der Waals surface area (Å²) >= 11 is 3.34. The van der Waals surface area contributed by atoms with Gasteiger partial charge in [-0.05, 0) is 47.1 Å². The van der Waals surface area contributed by atoms with Gasteiger partial charge in [0.2, 0.25) is 0 Å². The summed E-state index contributed by atoms with van der Waals surface area (Å²) < 4.78 is 25.2. The Kier molecular flexibility index (Phi) is 4.62. The van der Waals surface area contributed by atoms with E-state index in [1.807, 2.05) is 0 Å². The Hall–Kier alpha value is -1.59. The van der Waals surface area contributed by atoms with E-state index in [2.05, 4.69) is 15.9 Å². The van der Waals surface area contributed by atoms with Crippen molar-refractivity contribution in [1.82, 2.24) is 0 Å². The number of ether oxygens (including phenoxy) is 2. The zero-order valence-corrected chi connectivity index (χ0v) is 12.6. The number of benzene rings is 2. The van der Waals surface area contributed by atoms with E-state index in [4.69, 9.17) is 9.47 Å². The van der Waals surface area contributed by atoms with Gasteiger partial charge in [0.25, 0.3) is 0 Å². The lowest BCUT2D eigenvalue weighted by Crippen LogP contribution is -1.99. The summed E-state index contributed by atoms with van der Waals surface area (Å²) in [5.74, 6) is 0.603. The van der Waals surface area contributed by atoms with Gasteiger partial charge < -0.3 is 14.6 Å². The van der Waals surface area contributed by atoms with Gasteiger partial charge in [0.15, 0.2) is 11.6 Å². The van der Waals surface area contributed by atoms with Crippen LogP contribution in [0.4, 0.5) is 4.39 Å². The Morgan fingerprint density at radius 2 is 2.00 bits per heavy atom. The number of halogens is 2. The van der Waals surface area contributed by atoms with Crippen molar-refractivity contribution in [2.75, 3.05) is 7.11 Å². The molecule has 106 valence electrons. The molecule has 3 nitrogen and oxygen atoms in total. The molecule has 0 aliphatic rings. The lowest BCUT2D eigenvalue weighted by molar-refractivity contribution is 0.194. The van der Waals surface area contributed by atoms with E-state index in [9.17, 15) is 9.50 Å². The van der Waals surface area contributed by atoms with Crippen LogP contribution in [-0.4, -0.2) is 12.2 Å². The second kappa shape index (κ2) is 6.24. The number of rotatable bonds is 4. The maximum absolute atomic E-state index is 13.9. The van der Waals surface area contributed by atoms with Crippen LogP contribution in [0.25, 0.3) is 0 Å². The molecule has 0 bridgehead atoms. The summed E-state index contributed by atoms with van der Waals surface area (Å²) in [4.78, 5) is 0. The van der Waals surface area contributed by atoms with E-state index in [-0.39, 0.29) is 5.75 Å². The second-order valence-electron chi connectivity index (χ2n) is 4.23. The van der Waals surface area contributed by atoms with Crippen molar-refractivity contribution >= 4 is 15.9 Å². The highest BCUT2D eigenvalue weighted by atomic mass is 79.9. The molecule has 5 heteroatoms. The van der Waals surface area contributed by atoms with Gasteiger partial charge in [-0.2, -0.15) is 0 Å². The largest absolute Gasteiger partial charge is 0.497 e. The number of methoxy groups -OCH3 is 1. The van der Waals surface area contributed by atoms with Gasteiger partial charge in [-0.15, -0.1) is 0 Å². The van der Waals surface area contributed by atoms with E-state index >= 15 is 0 Å². The molecule has 1 atom stereocenters. The quantitative estimate of drug-likeness (QED) is 0.893. The minimum Gasteiger partial charge on any atom is -0.497 e. The van der Waals surface area contributed by atoms with Crippen LogP contribution in [0.1, 0.15) is 18.6 Å². The highest BCUT2D eigenvalue weighted by Crippen LogP contribution is 2.37. The summed E-state index contributed by atoms with van der Waals surface area (Å²) in [5, 5.41) is 9.68. The summed E-state index contributed by atoms with van der Waals surface area (Å²) in [7, 11) is 1.56. The molecule has 1 N–H and O–H groups in total.